The van der Waals surface area contributed by atoms with Crippen LogP contribution in [0.5, 0.6) is 17.2 Å². The lowest BCUT2D eigenvalue weighted by molar-refractivity contribution is 0.121. The Morgan fingerprint density at radius 1 is 0.774 bits per heavy atom. The molecule has 2 aromatic carbocycles. The summed E-state index contributed by atoms with van der Waals surface area (Å²) in [6.07, 6.45) is 5.58. The average molecular weight is 423 g/mol. The number of nitrogens with zero attached hydrogens (tertiary/aromatic N) is 4. The van der Waals surface area contributed by atoms with Crippen LogP contribution in [0.2, 0.25) is 0 Å². The van der Waals surface area contributed by atoms with Crippen LogP contribution in [-0.2, 0) is 13.1 Å². The Bertz CT molecular complexity index is 965. The van der Waals surface area contributed by atoms with E-state index in [1.165, 1.54) is 5.56 Å². The molecule has 164 valence electrons. The van der Waals surface area contributed by atoms with E-state index in [1.807, 2.05) is 23.2 Å². The van der Waals surface area contributed by atoms with Gasteiger partial charge in [-0.15, -0.1) is 0 Å². The second kappa shape index (κ2) is 9.85. The van der Waals surface area contributed by atoms with Gasteiger partial charge in [0, 0.05) is 62.9 Å². The summed E-state index contributed by atoms with van der Waals surface area (Å²) in [4.78, 5) is 9.08. The molecule has 1 aliphatic heterocycles. The topological polar surface area (TPSA) is 52.0 Å². The third-order valence-corrected chi connectivity index (χ3v) is 5.79. The molecule has 7 heteroatoms. The molecule has 0 spiro atoms. The van der Waals surface area contributed by atoms with Gasteiger partial charge in [-0.3, -0.25) is 9.80 Å². The van der Waals surface area contributed by atoms with E-state index in [4.69, 9.17) is 14.2 Å². The molecule has 3 aromatic rings. The molecule has 0 unspecified atom stereocenters. The highest BCUT2D eigenvalue weighted by Crippen LogP contribution is 2.40. The Kier molecular flexibility index (Phi) is 6.74. The van der Waals surface area contributed by atoms with Crippen LogP contribution in [-0.4, -0.2) is 66.9 Å². The van der Waals surface area contributed by atoms with Gasteiger partial charge in [0.05, 0.1) is 27.7 Å². The smallest absolute Gasteiger partial charge is 0.203 e. The Morgan fingerprint density at radius 2 is 1.45 bits per heavy atom. The zero-order chi connectivity index (χ0) is 21.6. The fourth-order valence-electron chi connectivity index (χ4n) is 4.08. The highest BCUT2D eigenvalue weighted by molar-refractivity contribution is 5.55. The van der Waals surface area contributed by atoms with Crippen molar-refractivity contribution >= 4 is 0 Å². The normalized spacial score (nSPS) is 15.1. The third-order valence-electron chi connectivity index (χ3n) is 5.79. The molecular weight excluding hydrogens is 392 g/mol. The molecule has 1 aromatic heterocycles. The molecule has 31 heavy (non-hydrogen) atoms. The zero-order valence-electron chi connectivity index (χ0n) is 18.5. The van der Waals surface area contributed by atoms with E-state index in [0.717, 1.165) is 56.3 Å². The summed E-state index contributed by atoms with van der Waals surface area (Å²) in [5.74, 6) is 2.09. The molecule has 0 aliphatic carbocycles. The van der Waals surface area contributed by atoms with Crippen molar-refractivity contribution in [2.24, 2.45) is 0 Å². The van der Waals surface area contributed by atoms with Crippen LogP contribution in [0.15, 0.2) is 55.1 Å². The minimum atomic E-state index is 0.653. The number of rotatable bonds is 8. The molecule has 7 nitrogen and oxygen atoms in total. The van der Waals surface area contributed by atoms with Crippen molar-refractivity contribution in [2.75, 3.05) is 47.5 Å². The Morgan fingerprint density at radius 3 is 2.03 bits per heavy atom. The highest BCUT2D eigenvalue weighted by Gasteiger charge is 2.21. The summed E-state index contributed by atoms with van der Waals surface area (Å²) in [6.45, 7) is 5.92. The monoisotopic (exact) mass is 422 g/mol. The van der Waals surface area contributed by atoms with E-state index in [2.05, 4.69) is 45.1 Å². The van der Waals surface area contributed by atoms with E-state index < -0.39 is 0 Å². The lowest BCUT2D eigenvalue weighted by atomic mass is 10.1. The average Bonchev–Trinajstić information content (AvgIpc) is 3.35. The molecular formula is C24H30N4O3. The van der Waals surface area contributed by atoms with Crippen LogP contribution in [0.4, 0.5) is 0 Å². The van der Waals surface area contributed by atoms with Crippen LogP contribution in [0.3, 0.4) is 0 Å². The zero-order valence-corrected chi connectivity index (χ0v) is 18.5. The largest absolute Gasteiger partial charge is 0.493 e. The van der Waals surface area contributed by atoms with Gasteiger partial charge in [0.1, 0.15) is 0 Å². The van der Waals surface area contributed by atoms with E-state index >= 15 is 0 Å². The Balaban J connectivity index is 1.33. The first-order valence-electron chi connectivity index (χ1n) is 10.5. The number of methoxy groups -OCH3 is 3. The predicted octanol–water partition coefficient (Wildman–Crippen LogP) is 3.22. The lowest BCUT2D eigenvalue weighted by Gasteiger charge is -2.35. The van der Waals surface area contributed by atoms with E-state index in [9.17, 15) is 0 Å². The molecule has 1 saturated heterocycles. The number of benzene rings is 2. The SMILES string of the molecule is COc1ccc(CN2CCN(Cc3ccc(-n4ccnc4)cc3)CC2)c(OC)c1OC. The van der Waals surface area contributed by atoms with Gasteiger partial charge in [-0.2, -0.15) is 0 Å². The molecule has 1 fully saturated rings. The molecule has 0 N–H and O–H groups in total. The van der Waals surface area contributed by atoms with Crippen molar-refractivity contribution in [3.05, 3.63) is 66.2 Å². The first-order chi connectivity index (χ1) is 15.2. The maximum Gasteiger partial charge on any atom is 0.203 e. The van der Waals surface area contributed by atoms with Crippen LogP contribution >= 0.6 is 0 Å². The second-order valence-electron chi connectivity index (χ2n) is 7.68. The maximum atomic E-state index is 5.64. The van der Waals surface area contributed by atoms with Gasteiger partial charge in [-0.05, 0) is 23.8 Å². The summed E-state index contributed by atoms with van der Waals surface area (Å²) in [7, 11) is 4.96. The molecule has 0 bridgehead atoms. The molecule has 0 radical (unpaired) electrons. The Hall–Kier alpha value is -3.03. The first kappa shape index (κ1) is 21.2. The van der Waals surface area contributed by atoms with Gasteiger partial charge >= 0.3 is 0 Å². The number of hydrogen-bond donors (Lipinski definition) is 0. The minimum absolute atomic E-state index is 0.653. The summed E-state index contributed by atoms with van der Waals surface area (Å²) < 4.78 is 18.6. The van der Waals surface area contributed by atoms with Gasteiger partial charge in [0.25, 0.3) is 0 Å². The van der Waals surface area contributed by atoms with Gasteiger partial charge in [0.2, 0.25) is 5.75 Å². The standard InChI is InChI=1S/C24H30N4O3/c1-29-22-9-6-20(23(30-2)24(22)31-3)17-27-14-12-26(13-15-27)16-19-4-7-21(8-5-19)28-11-10-25-18-28/h4-11,18H,12-17H2,1-3H3. The van der Waals surface area contributed by atoms with E-state index in [0.29, 0.717) is 11.5 Å². The lowest BCUT2D eigenvalue weighted by Crippen LogP contribution is -2.45. The number of piperazine rings is 1. The molecule has 0 saturated carbocycles. The van der Waals surface area contributed by atoms with Crippen molar-refractivity contribution in [1.29, 1.82) is 0 Å². The molecule has 4 rings (SSSR count). The predicted molar refractivity (Wildman–Crippen MR) is 120 cm³/mol. The molecule has 1 aliphatic rings. The second-order valence-corrected chi connectivity index (χ2v) is 7.68. The van der Waals surface area contributed by atoms with Gasteiger partial charge in [-0.25, -0.2) is 4.98 Å². The molecule has 2 heterocycles. The quantitative estimate of drug-likeness (QED) is 0.556. The van der Waals surface area contributed by atoms with Crippen molar-refractivity contribution in [3.63, 3.8) is 0 Å². The van der Waals surface area contributed by atoms with Crippen LogP contribution in [0, 0.1) is 0 Å². The van der Waals surface area contributed by atoms with Crippen molar-refractivity contribution in [1.82, 2.24) is 19.4 Å². The van der Waals surface area contributed by atoms with Crippen LogP contribution in [0.25, 0.3) is 5.69 Å². The first-order valence-corrected chi connectivity index (χ1v) is 10.5. The molecule has 0 atom stereocenters. The van der Waals surface area contributed by atoms with Crippen molar-refractivity contribution in [2.45, 2.75) is 13.1 Å². The van der Waals surface area contributed by atoms with Gasteiger partial charge in [0.15, 0.2) is 11.5 Å². The Labute approximate surface area is 183 Å². The van der Waals surface area contributed by atoms with Crippen molar-refractivity contribution < 1.29 is 14.2 Å². The summed E-state index contributed by atoms with van der Waals surface area (Å²) >= 11 is 0. The minimum Gasteiger partial charge on any atom is -0.493 e. The summed E-state index contributed by atoms with van der Waals surface area (Å²) in [6, 6.07) is 12.7. The summed E-state index contributed by atoms with van der Waals surface area (Å²) in [5, 5.41) is 0. The summed E-state index contributed by atoms with van der Waals surface area (Å²) in [5.41, 5.74) is 3.58. The fourth-order valence-corrected chi connectivity index (χ4v) is 4.08. The van der Waals surface area contributed by atoms with Crippen LogP contribution < -0.4 is 14.2 Å². The van der Waals surface area contributed by atoms with E-state index in [-0.39, 0.29) is 0 Å². The maximum absolute atomic E-state index is 5.64. The van der Waals surface area contributed by atoms with Gasteiger partial charge < -0.3 is 18.8 Å². The number of ether oxygens (including phenoxy) is 3. The third kappa shape index (κ3) is 4.84. The highest BCUT2D eigenvalue weighted by atomic mass is 16.5. The van der Waals surface area contributed by atoms with Crippen LogP contribution in [0.1, 0.15) is 11.1 Å². The fraction of sp³-hybridized carbons (Fsp3) is 0.375. The van der Waals surface area contributed by atoms with E-state index in [1.54, 1.807) is 27.5 Å². The number of aromatic nitrogens is 2. The van der Waals surface area contributed by atoms with Gasteiger partial charge in [-0.1, -0.05) is 18.2 Å². The number of hydrogen-bond acceptors (Lipinski definition) is 6. The molecule has 0 amide bonds. The number of imidazole rings is 1. The van der Waals surface area contributed by atoms with Crippen molar-refractivity contribution in [3.8, 4) is 22.9 Å².